The molecular weight excluding hydrogens is 220 g/mol. The summed E-state index contributed by atoms with van der Waals surface area (Å²) in [5.74, 6) is -0.456. The summed E-state index contributed by atoms with van der Waals surface area (Å²) in [7, 11) is 1.27. The van der Waals surface area contributed by atoms with Crippen LogP contribution in [-0.4, -0.2) is 38.0 Å². The Hall–Kier alpha value is -0.650. The Morgan fingerprint density at radius 1 is 1.60 bits per heavy atom. The molecule has 0 aromatic heterocycles. The van der Waals surface area contributed by atoms with Gasteiger partial charge in [0.05, 0.1) is 7.11 Å². The second-order valence-corrected chi connectivity index (χ2v) is 3.49. The molecule has 2 atom stereocenters. The van der Waals surface area contributed by atoms with Gasteiger partial charge in [0.15, 0.2) is 0 Å². The SMILES string of the molecule is COC(=O)C(N)CC(=O)C1CCNC1.Cl. The van der Waals surface area contributed by atoms with Gasteiger partial charge in [0, 0.05) is 18.9 Å². The Kier molecular flexibility index (Phi) is 6.47. The number of hydrogen-bond donors (Lipinski definition) is 2. The fourth-order valence-corrected chi connectivity index (χ4v) is 1.55. The highest BCUT2D eigenvalue weighted by molar-refractivity contribution is 5.88. The number of hydrogen-bond acceptors (Lipinski definition) is 5. The number of rotatable bonds is 4. The van der Waals surface area contributed by atoms with Crippen LogP contribution in [0.4, 0.5) is 0 Å². The topological polar surface area (TPSA) is 81.4 Å². The molecular formula is C9H17ClN2O3. The van der Waals surface area contributed by atoms with Crippen molar-refractivity contribution in [2.24, 2.45) is 11.7 Å². The molecule has 15 heavy (non-hydrogen) atoms. The molecule has 0 aromatic rings. The number of methoxy groups -OCH3 is 1. The van der Waals surface area contributed by atoms with Crippen molar-refractivity contribution >= 4 is 24.2 Å². The number of nitrogens with one attached hydrogen (secondary N) is 1. The Bertz CT molecular complexity index is 229. The van der Waals surface area contributed by atoms with Gasteiger partial charge < -0.3 is 15.8 Å². The number of nitrogens with two attached hydrogens (primary N) is 1. The number of carbonyl (C=O) groups excluding carboxylic acids is 2. The van der Waals surface area contributed by atoms with E-state index in [0.29, 0.717) is 6.54 Å². The molecule has 0 aliphatic carbocycles. The van der Waals surface area contributed by atoms with Crippen molar-refractivity contribution in [1.29, 1.82) is 0 Å². The van der Waals surface area contributed by atoms with E-state index < -0.39 is 12.0 Å². The third-order valence-corrected chi connectivity index (χ3v) is 2.44. The Labute approximate surface area is 95.1 Å². The molecule has 6 heteroatoms. The van der Waals surface area contributed by atoms with Crippen molar-refractivity contribution in [3.05, 3.63) is 0 Å². The van der Waals surface area contributed by atoms with Gasteiger partial charge in [-0.05, 0) is 13.0 Å². The number of Topliss-reactive ketones (excluding diaryl/α,β-unsaturated/α-hetero) is 1. The van der Waals surface area contributed by atoms with Gasteiger partial charge in [0.2, 0.25) is 0 Å². The summed E-state index contributed by atoms with van der Waals surface area (Å²) in [4.78, 5) is 22.5. The molecule has 0 aromatic carbocycles. The summed E-state index contributed by atoms with van der Waals surface area (Å²) in [5.41, 5.74) is 5.48. The van der Waals surface area contributed by atoms with E-state index in [1.54, 1.807) is 0 Å². The largest absolute Gasteiger partial charge is 0.468 e. The summed E-state index contributed by atoms with van der Waals surface area (Å²) < 4.78 is 4.44. The number of ether oxygens (including phenoxy) is 1. The molecule has 3 N–H and O–H groups in total. The Morgan fingerprint density at radius 2 is 2.27 bits per heavy atom. The average Bonchev–Trinajstić information content (AvgIpc) is 2.69. The van der Waals surface area contributed by atoms with Crippen LogP contribution in [-0.2, 0) is 14.3 Å². The van der Waals surface area contributed by atoms with Crippen LogP contribution in [0.25, 0.3) is 0 Å². The predicted molar refractivity (Wildman–Crippen MR) is 57.8 cm³/mol. The lowest BCUT2D eigenvalue weighted by Crippen LogP contribution is -2.35. The molecule has 1 fully saturated rings. The first-order valence-electron chi connectivity index (χ1n) is 4.72. The van der Waals surface area contributed by atoms with Gasteiger partial charge in [-0.2, -0.15) is 0 Å². The summed E-state index contributed by atoms with van der Waals surface area (Å²) >= 11 is 0. The van der Waals surface area contributed by atoms with Gasteiger partial charge >= 0.3 is 5.97 Å². The highest BCUT2D eigenvalue weighted by atomic mass is 35.5. The van der Waals surface area contributed by atoms with Crippen molar-refractivity contribution in [2.45, 2.75) is 18.9 Å². The molecule has 0 saturated carbocycles. The third kappa shape index (κ3) is 4.15. The lowest BCUT2D eigenvalue weighted by molar-refractivity contribution is -0.143. The minimum absolute atomic E-state index is 0. The van der Waals surface area contributed by atoms with Crippen molar-refractivity contribution < 1.29 is 14.3 Å². The van der Waals surface area contributed by atoms with Crippen LogP contribution in [0.1, 0.15) is 12.8 Å². The van der Waals surface area contributed by atoms with Crippen molar-refractivity contribution in [1.82, 2.24) is 5.32 Å². The summed E-state index contributed by atoms with van der Waals surface area (Å²) in [6, 6.07) is -0.812. The lowest BCUT2D eigenvalue weighted by Gasteiger charge is -2.11. The molecule has 1 aliphatic heterocycles. The smallest absolute Gasteiger partial charge is 0.323 e. The van der Waals surface area contributed by atoms with E-state index in [1.807, 2.05) is 0 Å². The van der Waals surface area contributed by atoms with Crippen LogP contribution >= 0.6 is 12.4 Å². The molecule has 1 saturated heterocycles. The zero-order valence-corrected chi connectivity index (χ0v) is 9.51. The van der Waals surface area contributed by atoms with E-state index in [2.05, 4.69) is 10.1 Å². The van der Waals surface area contributed by atoms with Gasteiger partial charge in [0.1, 0.15) is 11.8 Å². The standard InChI is InChI=1S/C9H16N2O3.ClH/c1-14-9(13)7(10)4-8(12)6-2-3-11-5-6;/h6-7,11H,2-5,10H2,1H3;1H. The van der Waals surface area contributed by atoms with Crippen LogP contribution in [0, 0.1) is 5.92 Å². The molecule has 88 valence electrons. The van der Waals surface area contributed by atoms with Gasteiger partial charge in [-0.15, -0.1) is 12.4 Å². The molecule has 0 amide bonds. The van der Waals surface area contributed by atoms with E-state index in [0.717, 1.165) is 13.0 Å². The number of halogens is 1. The Balaban J connectivity index is 0.00000196. The van der Waals surface area contributed by atoms with E-state index >= 15 is 0 Å². The maximum Gasteiger partial charge on any atom is 0.323 e. The van der Waals surface area contributed by atoms with Crippen molar-refractivity contribution in [3.8, 4) is 0 Å². The lowest BCUT2D eigenvalue weighted by atomic mass is 9.98. The monoisotopic (exact) mass is 236 g/mol. The first-order valence-corrected chi connectivity index (χ1v) is 4.72. The average molecular weight is 237 g/mol. The van der Waals surface area contributed by atoms with Gasteiger partial charge in [0.25, 0.3) is 0 Å². The minimum Gasteiger partial charge on any atom is -0.468 e. The fourth-order valence-electron chi connectivity index (χ4n) is 1.55. The molecule has 1 aliphatic rings. The third-order valence-electron chi connectivity index (χ3n) is 2.44. The normalized spacial score (nSPS) is 21.6. The first kappa shape index (κ1) is 14.3. The zero-order chi connectivity index (χ0) is 10.6. The minimum atomic E-state index is -0.812. The van der Waals surface area contributed by atoms with Gasteiger partial charge in [-0.25, -0.2) is 0 Å². The van der Waals surface area contributed by atoms with E-state index in [1.165, 1.54) is 7.11 Å². The second-order valence-electron chi connectivity index (χ2n) is 3.49. The second kappa shape index (κ2) is 6.76. The molecule has 0 bridgehead atoms. The van der Waals surface area contributed by atoms with Crippen LogP contribution in [0.5, 0.6) is 0 Å². The zero-order valence-electron chi connectivity index (χ0n) is 8.69. The summed E-state index contributed by atoms with van der Waals surface area (Å²) in [6.07, 6.45) is 0.922. The van der Waals surface area contributed by atoms with Crippen LogP contribution < -0.4 is 11.1 Å². The number of ketones is 1. The Morgan fingerprint density at radius 3 is 2.73 bits per heavy atom. The van der Waals surface area contributed by atoms with Gasteiger partial charge in [-0.1, -0.05) is 0 Å². The van der Waals surface area contributed by atoms with Crippen molar-refractivity contribution in [2.75, 3.05) is 20.2 Å². The molecule has 1 heterocycles. The maximum atomic E-state index is 11.5. The fraction of sp³-hybridized carbons (Fsp3) is 0.778. The number of carbonyl (C=O) groups is 2. The maximum absolute atomic E-state index is 11.5. The van der Waals surface area contributed by atoms with Crippen LogP contribution in [0.2, 0.25) is 0 Å². The molecule has 0 spiro atoms. The first-order chi connectivity index (χ1) is 6.65. The van der Waals surface area contributed by atoms with Crippen molar-refractivity contribution in [3.63, 3.8) is 0 Å². The summed E-state index contributed by atoms with van der Waals surface area (Å²) in [5, 5.41) is 3.09. The highest BCUT2D eigenvalue weighted by Gasteiger charge is 2.26. The molecule has 0 radical (unpaired) electrons. The number of esters is 1. The predicted octanol–water partition coefficient (Wildman–Crippen LogP) is -0.523. The van der Waals surface area contributed by atoms with E-state index in [9.17, 15) is 9.59 Å². The summed E-state index contributed by atoms with van der Waals surface area (Å²) in [6.45, 7) is 1.57. The van der Waals surface area contributed by atoms with E-state index in [4.69, 9.17) is 5.73 Å². The van der Waals surface area contributed by atoms with Gasteiger partial charge in [-0.3, -0.25) is 9.59 Å². The molecule has 1 rings (SSSR count). The van der Waals surface area contributed by atoms with Crippen LogP contribution in [0.15, 0.2) is 0 Å². The van der Waals surface area contributed by atoms with Crippen LogP contribution in [0.3, 0.4) is 0 Å². The highest BCUT2D eigenvalue weighted by Crippen LogP contribution is 2.11. The molecule has 5 nitrogen and oxygen atoms in total. The molecule has 2 unspecified atom stereocenters. The quantitative estimate of drug-likeness (QED) is 0.642. The van der Waals surface area contributed by atoms with E-state index in [-0.39, 0.29) is 30.5 Å².